The number of ether oxygens (including phenoxy) is 1. The van der Waals surface area contributed by atoms with Crippen molar-refractivity contribution in [2.45, 2.75) is 26.8 Å². The first-order chi connectivity index (χ1) is 13.5. The average molecular weight is 459 g/mol. The molecule has 0 aromatic heterocycles. The minimum atomic E-state index is -3.74. The van der Waals surface area contributed by atoms with Gasteiger partial charge in [-0.25, -0.2) is 8.42 Å². The van der Waals surface area contributed by atoms with Gasteiger partial charge in [-0.3, -0.25) is 9.10 Å². The predicted molar refractivity (Wildman–Crippen MR) is 118 cm³/mol. The van der Waals surface area contributed by atoms with Gasteiger partial charge in [0.05, 0.1) is 28.5 Å². The fourth-order valence-corrected chi connectivity index (χ4v) is 4.40. The Morgan fingerprint density at radius 1 is 1.10 bits per heavy atom. The van der Waals surface area contributed by atoms with Gasteiger partial charge < -0.3 is 10.1 Å². The number of carbonyl (C=O) groups excluding carboxylic acids is 1. The number of nitrogens with one attached hydrogen (secondary N) is 1. The maximum absolute atomic E-state index is 12.5. The molecule has 2 aromatic rings. The highest BCUT2D eigenvalue weighted by molar-refractivity contribution is 7.92. The average Bonchev–Trinajstić information content (AvgIpc) is 2.59. The number of amides is 1. The minimum Gasteiger partial charge on any atom is -0.492 e. The van der Waals surface area contributed by atoms with E-state index in [-0.39, 0.29) is 23.9 Å². The van der Waals surface area contributed by atoms with Crippen molar-refractivity contribution in [2.24, 2.45) is 0 Å². The van der Waals surface area contributed by atoms with Gasteiger partial charge in [0.25, 0.3) is 0 Å². The molecule has 6 nitrogen and oxygen atoms in total. The van der Waals surface area contributed by atoms with Gasteiger partial charge in [0.1, 0.15) is 18.4 Å². The van der Waals surface area contributed by atoms with E-state index in [1.165, 1.54) is 25.1 Å². The first kappa shape index (κ1) is 23.3. The molecule has 0 aliphatic carbocycles. The second-order valence-electron chi connectivity index (χ2n) is 6.80. The summed E-state index contributed by atoms with van der Waals surface area (Å²) in [6.07, 6.45) is 1.03. The summed E-state index contributed by atoms with van der Waals surface area (Å²) in [6.45, 7) is 5.95. The second-order valence-corrected chi connectivity index (χ2v) is 9.47. The van der Waals surface area contributed by atoms with Crippen molar-refractivity contribution < 1.29 is 17.9 Å². The molecular weight excluding hydrogens is 435 g/mol. The van der Waals surface area contributed by atoms with Crippen LogP contribution in [0.2, 0.25) is 10.0 Å². The molecule has 0 spiro atoms. The zero-order valence-corrected chi connectivity index (χ0v) is 19.0. The lowest BCUT2D eigenvalue weighted by atomic mass is 10.1. The van der Waals surface area contributed by atoms with Crippen LogP contribution in [-0.4, -0.2) is 39.8 Å². The predicted octanol–water partition coefficient (Wildman–Crippen LogP) is 3.96. The van der Waals surface area contributed by atoms with Gasteiger partial charge in [-0.05, 0) is 62.2 Å². The molecule has 1 amide bonds. The molecule has 0 aliphatic rings. The summed E-state index contributed by atoms with van der Waals surface area (Å²) in [4.78, 5) is 12.5. The lowest BCUT2D eigenvalue weighted by Gasteiger charge is -2.28. The van der Waals surface area contributed by atoms with Crippen molar-refractivity contribution in [1.82, 2.24) is 5.32 Å². The van der Waals surface area contributed by atoms with Gasteiger partial charge in [0, 0.05) is 0 Å². The second kappa shape index (κ2) is 9.69. The molecular formula is C20H24Cl2N2O4S. The molecule has 2 rings (SSSR count). The standard InChI is InChI=1S/C20H24Cl2N2O4S/c1-13-9-14(2)11-17(10-13)28-8-7-23-20(25)15(3)24(29(4,26)27)16-5-6-18(21)19(22)12-16/h5-6,9-12,15H,7-8H2,1-4H3,(H,23,25). The van der Waals surface area contributed by atoms with Gasteiger partial charge in [0.2, 0.25) is 15.9 Å². The monoisotopic (exact) mass is 458 g/mol. The molecule has 0 bridgehead atoms. The molecule has 1 N–H and O–H groups in total. The Bertz CT molecular complexity index is 976. The molecule has 9 heteroatoms. The molecule has 1 unspecified atom stereocenters. The number of anilines is 1. The van der Waals surface area contributed by atoms with E-state index in [1.54, 1.807) is 0 Å². The molecule has 0 saturated heterocycles. The molecule has 2 aromatic carbocycles. The number of aryl methyl sites for hydroxylation is 2. The Kier molecular flexibility index (Phi) is 7.80. The van der Waals surface area contributed by atoms with Crippen molar-refractivity contribution in [2.75, 3.05) is 23.7 Å². The van der Waals surface area contributed by atoms with E-state index in [2.05, 4.69) is 5.32 Å². The van der Waals surface area contributed by atoms with Crippen molar-refractivity contribution in [3.8, 4) is 5.75 Å². The van der Waals surface area contributed by atoms with Crippen molar-refractivity contribution in [3.63, 3.8) is 0 Å². The molecule has 29 heavy (non-hydrogen) atoms. The highest BCUT2D eigenvalue weighted by atomic mass is 35.5. The topological polar surface area (TPSA) is 75.7 Å². The summed E-state index contributed by atoms with van der Waals surface area (Å²) in [7, 11) is -3.74. The van der Waals surface area contributed by atoms with E-state index >= 15 is 0 Å². The van der Waals surface area contributed by atoms with Crippen LogP contribution in [0.15, 0.2) is 36.4 Å². The van der Waals surface area contributed by atoms with Crippen molar-refractivity contribution in [1.29, 1.82) is 0 Å². The van der Waals surface area contributed by atoms with E-state index in [1.807, 2.05) is 32.0 Å². The van der Waals surface area contributed by atoms with Gasteiger partial charge >= 0.3 is 0 Å². The fourth-order valence-electron chi connectivity index (χ4n) is 2.94. The molecule has 158 valence electrons. The Labute approximate surface area is 181 Å². The normalized spacial score (nSPS) is 12.3. The molecule has 1 atom stereocenters. The number of carbonyl (C=O) groups is 1. The van der Waals surface area contributed by atoms with E-state index in [4.69, 9.17) is 27.9 Å². The van der Waals surface area contributed by atoms with Crippen molar-refractivity contribution in [3.05, 3.63) is 57.6 Å². The Hall–Kier alpha value is -1.96. The molecule has 0 saturated carbocycles. The smallest absolute Gasteiger partial charge is 0.243 e. The highest BCUT2D eigenvalue weighted by Gasteiger charge is 2.29. The van der Waals surface area contributed by atoms with Crippen LogP contribution in [-0.2, 0) is 14.8 Å². The number of benzene rings is 2. The zero-order chi connectivity index (χ0) is 21.8. The highest BCUT2D eigenvalue weighted by Crippen LogP contribution is 2.29. The third-order valence-corrected chi connectivity index (χ3v) is 6.09. The van der Waals surface area contributed by atoms with Crippen LogP contribution in [0.1, 0.15) is 18.1 Å². The van der Waals surface area contributed by atoms with Crippen LogP contribution in [0.3, 0.4) is 0 Å². The summed E-state index contributed by atoms with van der Waals surface area (Å²) < 4.78 is 31.3. The van der Waals surface area contributed by atoms with Crippen molar-refractivity contribution >= 4 is 44.8 Å². The molecule has 0 heterocycles. The Morgan fingerprint density at radius 3 is 2.28 bits per heavy atom. The number of halogens is 2. The minimum absolute atomic E-state index is 0.201. The lowest BCUT2D eigenvalue weighted by molar-refractivity contribution is -0.121. The SMILES string of the molecule is Cc1cc(C)cc(OCCNC(=O)C(C)N(c2ccc(Cl)c(Cl)c2)S(C)(=O)=O)c1. The third-order valence-electron chi connectivity index (χ3n) is 4.11. The largest absolute Gasteiger partial charge is 0.492 e. The quantitative estimate of drug-likeness (QED) is 0.607. The van der Waals surface area contributed by atoms with Crippen LogP contribution >= 0.6 is 23.2 Å². The van der Waals surface area contributed by atoms with Crippen LogP contribution in [0, 0.1) is 13.8 Å². The molecule has 0 radical (unpaired) electrons. The summed E-state index contributed by atoms with van der Waals surface area (Å²) in [5, 5.41) is 3.20. The van der Waals surface area contributed by atoms with Gasteiger partial charge in [-0.1, -0.05) is 29.3 Å². The number of hydrogen-bond acceptors (Lipinski definition) is 4. The van der Waals surface area contributed by atoms with Gasteiger partial charge in [0.15, 0.2) is 0 Å². The van der Waals surface area contributed by atoms with Crippen LogP contribution in [0.25, 0.3) is 0 Å². The van der Waals surface area contributed by atoms with E-state index in [0.29, 0.717) is 5.02 Å². The van der Waals surface area contributed by atoms with Crippen LogP contribution in [0.5, 0.6) is 5.75 Å². The fraction of sp³-hybridized carbons (Fsp3) is 0.350. The summed E-state index contributed by atoms with van der Waals surface area (Å²) in [5.41, 5.74) is 2.43. The molecule has 0 aliphatic heterocycles. The zero-order valence-electron chi connectivity index (χ0n) is 16.7. The van der Waals surface area contributed by atoms with E-state index in [9.17, 15) is 13.2 Å². The maximum atomic E-state index is 12.5. The molecule has 0 fully saturated rings. The maximum Gasteiger partial charge on any atom is 0.243 e. The van der Waals surface area contributed by atoms with Crippen LogP contribution < -0.4 is 14.4 Å². The lowest BCUT2D eigenvalue weighted by Crippen LogP contribution is -2.48. The summed E-state index contributed by atoms with van der Waals surface area (Å²) in [5.74, 6) is 0.267. The number of rotatable bonds is 8. The summed E-state index contributed by atoms with van der Waals surface area (Å²) >= 11 is 11.9. The number of hydrogen-bond donors (Lipinski definition) is 1. The first-order valence-electron chi connectivity index (χ1n) is 8.92. The van der Waals surface area contributed by atoms with Crippen LogP contribution in [0.4, 0.5) is 5.69 Å². The Balaban J connectivity index is 2.02. The van der Waals surface area contributed by atoms with E-state index in [0.717, 1.165) is 27.4 Å². The van der Waals surface area contributed by atoms with E-state index < -0.39 is 22.0 Å². The van der Waals surface area contributed by atoms with Gasteiger partial charge in [-0.15, -0.1) is 0 Å². The first-order valence-corrected chi connectivity index (χ1v) is 11.5. The van der Waals surface area contributed by atoms with Gasteiger partial charge in [-0.2, -0.15) is 0 Å². The number of sulfonamides is 1. The summed E-state index contributed by atoms with van der Waals surface area (Å²) in [6, 6.07) is 9.28. The third kappa shape index (κ3) is 6.52. The number of nitrogens with zero attached hydrogens (tertiary/aromatic N) is 1. The Morgan fingerprint density at radius 2 is 1.72 bits per heavy atom.